The lowest BCUT2D eigenvalue weighted by atomic mass is 9.96. The maximum atomic E-state index is 11.8. The van der Waals surface area contributed by atoms with Crippen LogP contribution in [0.1, 0.15) is 38.0 Å². The first-order valence-electron chi connectivity index (χ1n) is 6.69. The number of hydrogen-bond donors (Lipinski definition) is 1. The van der Waals surface area contributed by atoms with Gasteiger partial charge in [0.25, 0.3) is 0 Å². The Morgan fingerprint density at radius 2 is 2.05 bits per heavy atom. The molecule has 0 saturated carbocycles. The molecule has 0 aliphatic heterocycles. The molecule has 2 rings (SSSR count). The fourth-order valence-electron chi connectivity index (χ4n) is 1.67. The van der Waals surface area contributed by atoms with Crippen molar-refractivity contribution in [2.75, 3.05) is 0 Å². The van der Waals surface area contributed by atoms with Crippen molar-refractivity contribution >= 4 is 21.8 Å². The smallest absolute Gasteiger partial charge is 0.246 e. The first kappa shape index (κ1) is 15.7. The molecule has 5 nitrogen and oxygen atoms in total. The molecule has 0 atom stereocenters. The fourth-order valence-corrected chi connectivity index (χ4v) is 2.09. The molecule has 0 bridgehead atoms. The molecule has 1 aromatic carbocycles. The van der Waals surface area contributed by atoms with Crippen LogP contribution in [0.3, 0.4) is 0 Å². The van der Waals surface area contributed by atoms with Crippen LogP contribution < -0.4 is 5.32 Å². The van der Waals surface area contributed by atoms with Crippen LogP contribution in [0.5, 0.6) is 0 Å². The van der Waals surface area contributed by atoms with Gasteiger partial charge in [-0.25, -0.2) is 0 Å². The number of rotatable bonds is 4. The maximum absolute atomic E-state index is 11.8. The van der Waals surface area contributed by atoms with E-state index in [-0.39, 0.29) is 12.5 Å². The van der Waals surface area contributed by atoms with E-state index in [2.05, 4.69) is 31.4 Å². The van der Waals surface area contributed by atoms with Gasteiger partial charge in [0.2, 0.25) is 11.8 Å². The SMILES string of the molecule is CC(C)(C)C(=O)NCc1nc(Cc2ccccc2Br)no1. The van der Waals surface area contributed by atoms with Gasteiger partial charge < -0.3 is 9.84 Å². The minimum atomic E-state index is -0.433. The Labute approximate surface area is 132 Å². The Hall–Kier alpha value is -1.69. The molecule has 2 aromatic rings. The largest absolute Gasteiger partial charge is 0.347 e. The topological polar surface area (TPSA) is 68.0 Å². The molecule has 1 amide bonds. The van der Waals surface area contributed by atoms with Crippen molar-refractivity contribution < 1.29 is 9.32 Å². The van der Waals surface area contributed by atoms with E-state index in [1.54, 1.807) is 0 Å². The zero-order valence-electron chi connectivity index (χ0n) is 12.3. The fraction of sp³-hybridized carbons (Fsp3) is 0.400. The van der Waals surface area contributed by atoms with Gasteiger partial charge in [0.05, 0.1) is 6.54 Å². The highest BCUT2D eigenvalue weighted by molar-refractivity contribution is 9.10. The van der Waals surface area contributed by atoms with Gasteiger partial charge in [-0.3, -0.25) is 4.79 Å². The number of aromatic nitrogens is 2. The second kappa shape index (κ2) is 6.39. The average molecular weight is 352 g/mol. The van der Waals surface area contributed by atoms with Crippen LogP contribution in [-0.4, -0.2) is 16.0 Å². The third-order valence-corrected chi connectivity index (χ3v) is 3.67. The molecule has 0 aliphatic rings. The molecular weight excluding hydrogens is 334 g/mol. The molecule has 1 aromatic heterocycles. The van der Waals surface area contributed by atoms with E-state index in [1.807, 2.05) is 45.0 Å². The van der Waals surface area contributed by atoms with Crippen molar-refractivity contribution in [1.29, 1.82) is 0 Å². The predicted molar refractivity (Wildman–Crippen MR) is 82.5 cm³/mol. The van der Waals surface area contributed by atoms with E-state index in [0.717, 1.165) is 10.0 Å². The number of hydrogen-bond acceptors (Lipinski definition) is 4. The molecule has 21 heavy (non-hydrogen) atoms. The molecular formula is C15H18BrN3O2. The van der Waals surface area contributed by atoms with Gasteiger partial charge in [-0.15, -0.1) is 0 Å². The van der Waals surface area contributed by atoms with Crippen molar-refractivity contribution in [3.63, 3.8) is 0 Å². The van der Waals surface area contributed by atoms with Gasteiger partial charge in [0.15, 0.2) is 5.82 Å². The Bertz CT molecular complexity index is 632. The second-order valence-electron chi connectivity index (χ2n) is 5.81. The number of halogens is 1. The van der Waals surface area contributed by atoms with Gasteiger partial charge in [-0.2, -0.15) is 4.98 Å². The summed E-state index contributed by atoms with van der Waals surface area (Å²) in [5, 5.41) is 6.72. The average Bonchev–Trinajstić information content (AvgIpc) is 2.85. The lowest BCUT2D eigenvalue weighted by molar-refractivity contribution is -0.128. The van der Waals surface area contributed by atoms with Crippen LogP contribution in [0.4, 0.5) is 0 Å². The zero-order valence-corrected chi connectivity index (χ0v) is 13.9. The van der Waals surface area contributed by atoms with E-state index in [0.29, 0.717) is 18.1 Å². The summed E-state index contributed by atoms with van der Waals surface area (Å²) in [4.78, 5) is 16.1. The van der Waals surface area contributed by atoms with Crippen molar-refractivity contribution in [2.24, 2.45) is 5.41 Å². The Kier molecular flexibility index (Phi) is 4.77. The molecule has 6 heteroatoms. The minimum Gasteiger partial charge on any atom is -0.347 e. The van der Waals surface area contributed by atoms with Gasteiger partial charge in [-0.1, -0.05) is 60.1 Å². The normalized spacial score (nSPS) is 11.4. The van der Waals surface area contributed by atoms with E-state index in [9.17, 15) is 4.79 Å². The minimum absolute atomic E-state index is 0.0481. The third-order valence-electron chi connectivity index (χ3n) is 2.90. The highest BCUT2D eigenvalue weighted by atomic mass is 79.9. The summed E-state index contributed by atoms with van der Waals surface area (Å²) in [5.74, 6) is 0.963. The highest BCUT2D eigenvalue weighted by Gasteiger charge is 2.21. The van der Waals surface area contributed by atoms with Crippen molar-refractivity contribution in [3.8, 4) is 0 Å². The summed E-state index contributed by atoms with van der Waals surface area (Å²) >= 11 is 3.49. The summed E-state index contributed by atoms with van der Waals surface area (Å²) in [6.07, 6.45) is 0.581. The summed E-state index contributed by atoms with van der Waals surface area (Å²) in [6, 6.07) is 7.89. The lowest BCUT2D eigenvalue weighted by Gasteiger charge is -2.16. The monoisotopic (exact) mass is 351 g/mol. The Morgan fingerprint density at radius 1 is 1.33 bits per heavy atom. The summed E-state index contributed by atoms with van der Waals surface area (Å²) < 4.78 is 6.16. The van der Waals surface area contributed by atoms with E-state index >= 15 is 0 Å². The van der Waals surface area contributed by atoms with Gasteiger partial charge in [-0.05, 0) is 11.6 Å². The molecule has 112 valence electrons. The first-order valence-corrected chi connectivity index (χ1v) is 7.49. The second-order valence-corrected chi connectivity index (χ2v) is 6.66. The molecule has 0 saturated heterocycles. The first-order chi connectivity index (χ1) is 9.86. The third kappa shape index (κ3) is 4.39. The van der Waals surface area contributed by atoms with E-state index in [1.165, 1.54) is 0 Å². The van der Waals surface area contributed by atoms with Crippen molar-refractivity contribution in [3.05, 3.63) is 46.0 Å². The molecule has 0 aliphatic carbocycles. The summed E-state index contributed by atoms with van der Waals surface area (Å²) in [5.41, 5.74) is 0.654. The van der Waals surface area contributed by atoms with Crippen molar-refractivity contribution in [1.82, 2.24) is 15.5 Å². The van der Waals surface area contributed by atoms with Crippen LogP contribution >= 0.6 is 15.9 Å². The molecule has 0 fully saturated rings. The molecule has 0 spiro atoms. The number of nitrogens with zero attached hydrogens (tertiary/aromatic N) is 2. The highest BCUT2D eigenvalue weighted by Crippen LogP contribution is 2.18. The molecule has 0 unspecified atom stereocenters. The number of nitrogens with one attached hydrogen (secondary N) is 1. The van der Waals surface area contributed by atoms with E-state index < -0.39 is 5.41 Å². The van der Waals surface area contributed by atoms with E-state index in [4.69, 9.17) is 4.52 Å². The standard InChI is InChI=1S/C15H18BrN3O2/c1-15(2,3)14(20)17-9-13-18-12(19-21-13)8-10-6-4-5-7-11(10)16/h4-7H,8-9H2,1-3H3,(H,17,20). The van der Waals surface area contributed by atoms with Crippen LogP contribution in [0.25, 0.3) is 0 Å². The Morgan fingerprint density at radius 3 is 2.71 bits per heavy atom. The zero-order chi connectivity index (χ0) is 15.5. The maximum Gasteiger partial charge on any atom is 0.246 e. The quantitative estimate of drug-likeness (QED) is 0.918. The van der Waals surface area contributed by atoms with Gasteiger partial charge >= 0.3 is 0 Å². The summed E-state index contributed by atoms with van der Waals surface area (Å²) in [6.45, 7) is 5.82. The van der Waals surface area contributed by atoms with Gasteiger partial charge in [0, 0.05) is 16.3 Å². The molecule has 0 radical (unpaired) electrons. The van der Waals surface area contributed by atoms with Crippen molar-refractivity contribution in [2.45, 2.75) is 33.7 Å². The van der Waals surface area contributed by atoms with Crippen LogP contribution in [-0.2, 0) is 17.8 Å². The van der Waals surface area contributed by atoms with Gasteiger partial charge in [0.1, 0.15) is 0 Å². The number of amides is 1. The number of carbonyl (C=O) groups is 1. The lowest BCUT2D eigenvalue weighted by Crippen LogP contribution is -2.34. The Balaban J connectivity index is 1.96. The molecule has 1 N–H and O–H groups in total. The summed E-state index contributed by atoms with van der Waals surface area (Å²) in [7, 11) is 0. The predicted octanol–water partition coefficient (Wildman–Crippen LogP) is 3.09. The molecule has 1 heterocycles. The van der Waals surface area contributed by atoms with Crippen LogP contribution in [0.2, 0.25) is 0 Å². The van der Waals surface area contributed by atoms with Crippen LogP contribution in [0.15, 0.2) is 33.3 Å². The van der Waals surface area contributed by atoms with Crippen LogP contribution in [0, 0.1) is 5.41 Å². The number of benzene rings is 1. The number of carbonyl (C=O) groups excluding carboxylic acids is 1.